The molecule has 2 heterocycles. The number of amides is 1. The number of thiophene rings is 1. The van der Waals surface area contributed by atoms with Gasteiger partial charge in [-0.3, -0.25) is 4.79 Å². The molecule has 1 atom stereocenters. The van der Waals surface area contributed by atoms with E-state index in [1.54, 1.807) is 18.2 Å². The summed E-state index contributed by atoms with van der Waals surface area (Å²) in [5, 5.41) is 17.7. The molecule has 0 aliphatic carbocycles. The molecule has 2 aromatic heterocycles. The highest BCUT2D eigenvalue weighted by Gasteiger charge is 2.35. The van der Waals surface area contributed by atoms with Crippen molar-refractivity contribution in [3.8, 4) is 0 Å². The minimum absolute atomic E-state index is 0.0161. The molecule has 130 valence electrons. The number of benzene rings is 1. The molecule has 5 nitrogen and oxygen atoms in total. The number of nitrogens with one attached hydrogen (secondary N) is 1. The summed E-state index contributed by atoms with van der Waals surface area (Å²) in [6, 6.07) is 12.6. The maximum absolute atomic E-state index is 12.5. The molecule has 1 aromatic carbocycles. The van der Waals surface area contributed by atoms with Crippen LogP contribution in [0.4, 0.5) is 5.69 Å². The van der Waals surface area contributed by atoms with Crippen molar-refractivity contribution < 1.29 is 14.3 Å². The van der Waals surface area contributed by atoms with Crippen molar-refractivity contribution in [3.05, 3.63) is 76.4 Å². The lowest BCUT2D eigenvalue weighted by Gasteiger charge is -2.26. The summed E-state index contributed by atoms with van der Waals surface area (Å²) in [4.78, 5) is 14.5. The van der Waals surface area contributed by atoms with Crippen LogP contribution in [0, 0.1) is 0 Å². The van der Waals surface area contributed by atoms with Crippen molar-refractivity contribution >= 4 is 22.9 Å². The molecule has 0 aliphatic rings. The van der Waals surface area contributed by atoms with Gasteiger partial charge in [0.1, 0.15) is 5.76 Å². The molecule has 2 N–H and O–H groups in total. The van der Waals surface area contributed by atoms with Gasteiger partial charge in [0.05, 0.1) is 12.8 Å². The molecule has 0 bridgehead atoms. The molecule has 0 fully saturated rings. The predicted octanol–water partition coefficient (Wildman–Crippen LogP) is 3.07. The van der Waals surface area contributed by atoms with E-state index in [-0.39, 0.29) is 12.5 Å². The van der Waals surface area contributed by atoms with Gasteiger partial charge in [-0.2, -0.15) is 11.3 Å². The summed E-state index contributed by atoms with van der Waals surface area (Å²) in [6.45, 7) is 0.0161. The maximum atomic E-state index is 12.5. The molecular formula is C19H20N2O3S. The van der Waals surface area contributed by atoms with Crippen molar-refractivity contribution in [1.29, 1.82) is 0 Å². The Bertz CT molecular complexity index is 792. The number of carbonyl (C=O) groups excluding carboxylic acids is 1. The van der Waals surface area contributed by atoms with E-state index in [0.29, 0.717) is 16.9 Å². The first-order chi connectivity index (χ1) is 12.0. The Morgan fingerprint density at radius 1 is 1.28 bits per heavy atom. The Hall–Kier alpha value is -2.57. The second kappa shape index (κ2) is 7.13. The van der Waals surface area contributed by atoms with Gasteiger partial charge in [-0.15, -0.1) is 0 Å². The molecule has 0 saturated heterocycles. The molecule has 25 heavy (non-hydrogen) atoms. The lowest BCUT2D eigenvalue weighted by molar-refractivity contribution is 0.0528. The van der Waals surface area contributed by atoms with Crippen LogP contribution in [0.2, 0.25) is 0 Å². The Morgan fingerprint density at radius 2 is 2.12 bits per heavy atom. The third kappa shape index (κ3) is 3.60. The first-order valence-corrected chi connectivity index (χ1v) is 8.79. The van der Waals surface area contributed by atoms with Gasteiger partial charge in [0.25, 0.3) is 5.91 Å². The van der Waals surface area contributed by atoms with Gasteiger partial charge in [-0.1, -0.05) is 6.07 Å². The highest BCUT2D eigenvalue weighted by molar-refractivity contribution is 7.08. The van der Waals surface area contributed by atoms with E-state index in [4.69, 9.17) is 4.42 Å². The quantitative estimate of drug-likeness (QED) is 0.712. The van der Waals surface area contributed by atoms with E-state index < -0.39 is 5.60 Å². The van der Waals surface area contributed by atoms with Gasteiger partial charge < -0.3 is 19.7 Å². The van der Waals surface area contributed by atoms with Crippen molar-refractivity contribution in [1.82, 2.24) is 5.32 Å². The van der Waals surface area contributed by atoms with Crippen LogP contribution < -0.4 is 10.2 Å². The summed E-state index contributed by atoms with van der Waals surface area (Å²) in [5.74, 6) is 0.150. The van der Waals surface area contributed by atoms with Crippen molar-refractivity contribution in [3.63, 3.8) is 0 Å². The normalized spacial score (nSPS) is 13.2. The number of furan rings is 1. The Labute approximate surface area is 150 Å². The van der Waals surface area contributed by atoms with Crippen molar-refractivity contribution in [2.24, 2.45) is 0 Å². The third-order valence-corrected chi connectivity index (χ3v) is 4.74. The highest BCUT2D eigenvalue weighted by Crippen LogP contribution is 2.31. The second-order valence-corrected chi connectivity index (χ2v) is 6.76. The molecular weight excluding hydrogens is 336 g/mol. The fourth-order valence-corrected chi connectivity index (χ4v) is 3.30. The number of nitrogens with zero attached hydrogens (tertiary/aromatic N) is 1. The van der Waals surface area contributed by atoms with Gasteiger partial charge in [-0.25, -0.2) is 0 Å². The molecule has 3 rings (SSSR count). The van der Waals surface area contributed by atoms with E-state index in [2.05, 4.69) is 5.32 Å². The van der Waals surface area contributed by atoms with Gasteiger partial charge in [0.15, 0.2) is 5.60 Å². The van der Waals surface area contributed by atoms with Gasteiger partial charge in [-0.05, 0) is 47.2 Å². The van der Waals surface area contributed by atoms with Crippen LogP contribution in [-0.2, 0) is 5.60 Å². The van der Waals surface area contributed by atoms with Crippen molar-refractivity contribution in [2.45, 2.75) is 5.60 Å². The summed E-state index contributed by atoms with van der Waals surface area (Å²) in [6.07, 6.45) is 1.51. The molecule has 0 unspecified atom stereocenters. The zero-order valence-corrected chi connectivity index (χ0v) is 14.9. The number of hydrogen-bond donors (Lipinski definition) is 2. The fourth-order valence-electron chi connectivity index (χ4n) is 2.58. The molecule has 0 spiro atoms. The molecule has 0 radical (unpaired) electrons. The monoisotopic (exact) mass is 356 g/mol. The molecule has 3 aromatic rings. The second-order valence-electron chi connectivity index (χ2n) is 5.98. The summed E-state index contributed by atoms with van der Waals surface area (Å²) in [5.41, 5.74) is 0.762. The van der Waals surface area contributed by atoms with E-state index in [9.17, 15) is 9.90 Å². The third-order valence-electron chi connectivity index (χ3n) is 4.06. The van der Waals surface area contributed by atoms with Crippen LogP contribution in [0.15, 0.2) is 63.9 Å². The lowest BCUT2D eigenvalue weighted by Crippen LogP contribution is -2.41. The number of carbonyl (C=O) groups is 1. The average Bonchev–Trinajstić information content (AvgIpc) is 3.33. The largest absolute Gasteiger partial charge is 0.466 e. The minimum atomic E-state index is -1.40. The van der Waals surface area contributed by atoms with E-state index in [1.165, 1.54) is 17.6 Å². The molecule has 6 heteroatoms. The zero-order valence-electron chi connectivity index (χ0n) is 14.1. The summed E-state index contributed by atoms with van der Waals surface area (Å²) >= 11 is 1.48. The van der Waals surface area contributed by atoms with Gasteiger partial charge in [0.2, 0.25) is 0 Å². The lowest BCUT2D eigenvalue weighted by atomic mass is 9.93. The standard InChI is InChI=1S/C19H20N2O3S/c1-21(2)16-6-3-5-14(11-16)18(22)20-13-19(23,15-8-10-25-12-15)17-7-4-9-24-17/h3-12,23H,13H2,1-2H3,(H,20,22)/t19-/m0/s1. The van der Waals surface area contributed by atoms with E-state index in [1.807, 2.05) is 54.0 Å². The van der Waals surface area contributed by atoms with Crippen LogP contribution in [0.3, 0.4) is 0 Å². The Balaban J connectivity index is 1.80. The van der Waals surface area contributed by atoms with Crippen LogP contribution in [0.25, 0.3) is 0 Å². The Kier molecular flexibility index (Phi) is 4.92. The topological polar surface area (TPSA) is 65.7 Å². The SMILES string of the molecule is CN(C)c1cccc(C(=O)NC[C@](O)(c2ccsc2)c2ccco2)c1. The number of rotatable bonds is 6. The van der Waals surface area contributed by atoms with Gasteiger partial charge >= 0.3 is 0 Å². The number of aliphatic hydroxyl groups is 1. The van der Waals surface area contributed by atoms with Crippen LogP contribution in [0.5, 0.6) is 0 Å². The molecule has 0 aliphatic heterocycles. The van der Waals surface area contributed by atoms with Crippen LogP contribution >= 0.6 is 11.3 Å². The minimum Gasteiger partial charge on any atom is -0.466 e. The Morgan fingerprint density at radius 3 is 2.76 bits per heavy atom. The van der Waals surface area contributed by atoms with E-state index >= 15 is 0 Å². The van der Waals surface area contributed by atoms with Crippen LogP contribution in [-0.4, -0.2) is 31.7 Å². The summed E-state index contributed by atoms with van der Waals surface area (Å²) < 4.78 is 5.41. The van der Waals surface area contributed by atoms with Crippen molar-refractivity contribution in [2.75, 3.05) is 25.5 Å². The zero-order chi connectivity index (χ0) is 17.9. The molecule has 1 amide bonds. The molecule has 0 saturated carbocycles. The first kappa shape index (κ1) is 17.3. The summed E-state index contributed by atoms with van der Waals surface area (Å²) in [7, 11) is 3.84. The number of hydrogen-bond acceptors (Lipinski definition) is 5. The maximum Gasteiger partial charge on any atom is 0.251 e. The van der Waals surface area contributed by atoms with Crippen LogP contribution in [0.1, 0.15) is 21.7 Å². The smallest absolute Gasteiger partial charge is 0.251 e. The average molecular weight is 356 g/mol. The predicted molar refractivity (Wildman–Crippen MR) is 99.1 cm³/mol. The first-order valence-electron chi connectivity index (χ1n) is 7.85. The van der Waals surface area contributed by atoms with E-state index in [0.717, 1.165) is 5.69 Å². The fraction of sp³-hybridized carbons (Fsp3) is 0.211. The highest BCUT2D eigenvalue weighted by atomic mass is 32.1. The van der Waals surface area contributed by atoms with Gasteiger partial charge in [0, 0.05) is 30.9 Å². The number of anilines is 1.